The molecule has 0 spiro atoms. The van der Waals surface area contributed by atoms with Crippen LogP contribution in [0, 0.1) is 0 Å². The summed E-state index contributed by atoms with van der Waals surface area (Å²) in [5.41, 5.74) is 2.89. The Morgan fingerprint density at radius 1 is 1.04 bits per heavy atom. The zero-order valence-electron chi connectivity index (χ0n) is 13.2. The summed E-state index contributed by atoms with van der Waals surface area (Å²) in [5, 5.41) is 0.592. The van der Waals surface area contributed by atoms with Crippen molar-refractivity contribution >= 4 is 35.1 Å². The van der Waals surface area contributed by atoms with E-state index in [2.05, 4.69) is 4.98 Å². The molecule has 126 valence electrons. The number of hydrogen-bond acceptors (Lipinski definition) is 4. The summed E-state index contributed by atoms with van der Waals surface area (Å²) in [5.74, 6) is 0.531. The van der Waals surface area contributed by atoms with Gasteiger partial charge in [-0.1, -0.05) is 30.3 Å². The van der Waals surface area contributed by atoms with Gasteiger partial charge in [0.15, 0.2) is 11.0 Å². The largest absolute Gasteiger partial charge is 0.496 e. The molecule has 0 saturated heterocycles. The molecule has 2 aromatic carbocycles. The molecule has 2 heterocycles. The Hall–Kier alpha value is -2.66. The SMILES string of the molecule is COc1ccc(-c2ccccc2)c2oc3ccc(P(=O)(O)O)nc3c12. The van der Waals surface area contributed by atoms with E-state index in [9.17, 15) is 14.4 Å². The predicted molar refractivity (Wildman–Crippen MR) is 95.2 cm³/mol. The fourth-order valence-corrected chi connectivity index (χ4v) is 3.38. The Morgan fingerprint density at radius 3 is 2.48 bits per heavy atom. The van der Waals surface area contributed by atoms with Crippen LogP contribution in [0.15, 0.2) is 59.0 Å². The molecule has 6 nitrogen and oxygen atoms in total. The third-order valence-corrected chi connectivity index (χ3v) is 4.86. The number of pyridine rings is 1. The van der Waals surface area contributed by atoms with Crippen LogP contribution in [-0.4, -0.2) is 21.9 Å². The van der Waals surface area contributed by atoms with Gasteiger partial charge in [0, 0.05) is 5.56 Å². The summed E-state index contributed by atoms with van der Waals surface area (Å²) >= 11 is 0. The van der Waals surface area contributed by atoms with Crippen molar-refractivity contribution in [2.45, 2.75) is 0 Å². The molecule has 25 heavy (non-hydrogen) atoms. The summed E-state index contributed by atoms with van der Waals surface area (Å²) in [6.07, 6.45) is 0. The molecule has 0 radical (unpaired) electrons. The number of ether oxygens (including phenoxy) is 1. The second-order valence-corrected chi connectivity index (χ2v) is 7.09. The van der Waals surface area contributed by atoms with Crippen molar-refractivity contribution in [3.63, 3.8) is 0 Å². The highest BCUT2D eigenvalue weighted by molar-refractivity contribution is 7.60. The fraction of sp³-hybridized carbons (Fsp3) is 0.0556. The zero-order chi connectivity index (χ0) is 17.6. The minimum absolute atomic E-state index is 0.296. The first-order chi connectivity index (χ1) is 12.0. The first-order valence-corrected chi connectivity index (χ1v) is 9.12. The summed E-state index contributed by atoms with van der Waals surface area (Å²) in [6, 6.07) is 16.2. The monoisotopic (exact) mass is 355 g/mol. The van der Waals surface area contributed by atoms with Gasteiger partial charge in [-0.05, 0) is 29.8 Å². The summed E-state index contributed by atoms with van der Waals surface area (Å²) in [6.45, 7) is 0. The number of nitrogens with zero attached hydrogens (tertiary/aromatic N) is 1. The van der Waals surface area contributed by atoms with E-state index in [1.165, 1.54) is 19.2 Å². The molecule has 4 rings (SSSR count). The van der Waals surface area contributed by atoms with Crippen LogP contribution >= 0.6 is 7.60 Å². The molecule has 0 unspecified atom stereocenters. The Labute approximate surface area is 142 Å². The normalized spacial score (nSPS) is 12.0. The standard InChI is InChI=1S/C18H14NO5P/c1-23-13-8-7-12(11-5-3-2-4-6-11)18-16(13)17-14(24-18)9-10-15(19-17)25(20,21)22/h2-10H,1H3,(H2,20,21,22). The number of methoxy groups -OCH3 is 1. The lowest BCUT2D eigenvalue weighted by molar-refractivity contribution is 0.386. The molecule has 4 aromatic rings. The van der Waals surface area contributed by atoms with Crippen LogP contribution in [-0.2, 0) is 4.57 Å². The number of fused-ring (bicyclic) bond motifs is 3. The van der Waals surface area contributed by atoms with Gasteiger partial charge in [0.25, 0.3) is 0 Å². The zero-order valence-corrected chi connectivity index (χ0v) is 14.1. The van der Waals surface area contributed by atoms with Crippen molar-refractivity contribution in [1.82, 2.24) is 4.98 Å². The van der Waals surface area contributed by atoms with Gasteiger partial charge >= 0.3 is 7.60 Å². The number of furan rings is 1. The molecule has 0 saturated carbocycles. The molecular weight excluding hydrogens is 341 g/mol. The van der Waals surface area contributed by atoms with Gasteiger partial charge < -0.3 is 18.9 Å². The van der Waals surface area contributed by atoms with Crippen molar-refractivity contribution in [1.29, 1.82) is 0 Å². The van der Waals surface area contributed by atoms with E-state index in [1.54, 1.807) is 6.07 Å². The van der Waals surface area contributed by atoms with Crippen molar-refractivity contribution in [3.05, 3.63) is 54.6 Å². The minimum atomic E-state index is -4.46. The molecule has 0 atom stereocenters. The minimum Gasteiger partial charge on any atom is -0.496 e. The van der Waals surface area contributed by atoms with Gasteiger partial charge in [0.1, 0.15) is 16.8 Å². The molecular formula is C18H14NO5P. The molecule has 0 bridgehead atoms. The third kappa shape index (κ3) is 2.61. The summed E-state index contributed by atoms with van der Waals surface area (Å²) < 4.78 is 22.9. The Bertz CT molecular complexity index is 1130. The van der Waals surface area contributed by atoms with Crippen molar-refractivity contribution in [2.24, 2.45) is 0 Å². The van der Waals surface area contributed by atoms with E-state index in [0.29, 0.717) is 27.8 Å². The van der Waals surface area contributed by atoms with Gasteiger partial charge in [0.2, 0.25) is 0 Å². The second-order valence-electron chi connectivity index (χ2n) is 5.55. The van der Waals surface area contributed by atoms with Crippen LogP contribution in [0.25, 0.3) is 33.2 Å². The Morgan fingerprint density at radius 2 is 1.80 bits per heavy atom. The molecule has 2 aromatic heterocycles. The fourth-order valence-electron chi connectivity index (χ4n) is 2.88. The van der Waals surface area contributed by atoms with Crippen LogP contribution < -0.4 is 10.2 Å². The van der Waals surface area contributed by atoms with Crippen LogP contribution in [0.1, 0.15) is 0 Å². The van der Waals surface area contributed by atoms with Gasteiger partial charge in [-0.15, -0.1) is 0 Å². The highest BCUT2D eigenvalue weighted by Crippen LogP contribution is 2.41. The van der Waals surface area contributed by atoms with Gasteiger partial charge in [-0.2, -0.15) is 0 Å². The lowest BCUT2D eigenvalue weighted by Crippen LogP contribution is -2.07. The van der Waals surface area contributed by atoms with E-state index in [-0.39, 0.29) is 5.44 Å². The number of aromatic nitrogens is 1. The number of benzene rings is 2. The smallest absolute Gasteiger partial charge is 0.374 e. The average molecular weight is 355 g/mol. The Balaban J connectivity index is 2.11. The van der Waals surface area contributed by atoms with Gasteiger partial charge in [-0.25, -0.2) is 4.98 Å². The topological polar surface area (TPSA) is 92.8 Å². The molecule has 0 amide bonds. The molecule has 0 aliphatic rings. The van der Waals surface area contributed by atoms with Crippen molar-refractivity contribution in [2.75, 3.05) is 7.11 Å². The third-order valence-electron chi connectivity index (χ3n) is 4.01. The van der Waals surface area contributed by atoms with E-state index in [1.807, 2.05) is 36.4 Å². The first-order valence-electron chi connectivity index (χ1n) is 7.51. The molecule has 7 heteroatoms. The molecule has 0 aliphatic heterocycles. The number of rotatable bonds is 3. The summed E-state index contributed by atoms with van der Waals surface area (Å²) in [4.78, 5) is 22.9. The molecule has 0 fully saturated rings. The van der Waals surface area contributed by atoms with Crippen LogP contribution in [0.3, 0.4) is 0 Å². The first kappa shape index (κ1) is 15.8. The van der Waals surface area contributed by atoms with Crippen LogP contribution in [0.4, 0.5) is 0 Å². The van der Waals surface area contributed by atoms with Crippen molar-refractivity contribution in [3.8, 4) is 16.9 Å². The van der Waals surface area contributed by atoms with E-state index >= 15 is 0 Å². The molecule has 0 aliphatic carbocycles. The predicted octanol–water partition coefficient (Wildman–Crippen LogP) is 3.46. The highest BCUT2D eigenvalue weighted by Gasteiger charge is 2.23. The maximum atomic E-state index is 11.5. The number of hydrogen-bond donors (Lipinski definition) is 2. The van der Waals surface area contributed by atoms with E-state index < -0.39 is 7.60 Å². The maximum absolute atomic E-state index is 11.5. The van der Waals surface area contributed by atoms with Gasteiger partial charge in [-0.3, -0.25) is 4.57 Å². The Kier molecular flexibility index (Phi) is 3.62. The van der Waals surface area contributed by atoms with Crippen LogP contribution in [0.2, 0.25) is 0 Å². The van der Waals surface area contributed by atoms with Crippen molar-refractivity contribution < 1.29 is 23.5 Å². The van der Waals surface area contributed by atoms with E-state index in [4.69, 9.17) is 9.15 Å². The molecule has 2 N–H and O–H groups in total. The summed E-state index contributed by atoms with van der Waals surface area (Å²) in [7, 11) is -2.93. The van der Waals surface area contributed by atoms with E-state index in [0.717, 1.165) is 11.1 Å². The maximum Gasteiger partial charge on any atom is 0.374 e. The quantitative estimate of drug-likeness (QED) is 0.547. The average Bonchev–Trinajstić information content (AvgIpc) is 2.99. The van der Waals surface area contributed by atoms with Gasteiger partial charge in [0.05, 0.1) is 12.5 Å². The second kappa shape index (κ2) is 5.70. The lowest BCUT2D eigenvalue weighted by Gasteiger charge is -2.06. The van der Waals surface area contributed by atoms with Crippen LogP contribution in [0.5, 0.6) is 5.75 Å². The highest BCUT2D eigenvalue weighted by atomic mass is 31.2. The lowest BCUT2D eigenvalue weighted by atomic mass is 10.0.